The zero-order chi connectivity index (χ0) is 79.8. The van der Waals surface area contributed by atoms with Crippen LogP contribution in [-0.4, -0.2) is 308 Å². The van der Waals surface area contributed by atoms with Crippen LogP contribution in [-0.2, 0) is 67.0 Å². The molecule has 2 unspecified atom stereocenters. The number of nitrogens with zero attached hydrogens (tertiary/aromatic N) is 9. The topological polar surface area (TPSA) is 289 Å². The molecule has 8 aliphatic rings. The third kappa shape index (κ3) is 20.3. The van der Waals surface area contributed by atoms with Crippen molar-refractivity contribution in [2.24, 2.45) is 35.5 Å². The third-order valence-corrected chi connectivity index (χ3v) is 24.1. The molecule has 8 fully saturated rings. The van der Waals surface area contributed by atoms with Crippen molar-refractivity contribution < 1.29 is 111 Å². The highest BCUT2D eigenvalue weighted by molar-refractivity contribution is 6.01. The van der Waals surface area contributed by atoms with Gasteiger partial charge in [0.25, 0.3) is 5.92 Å². The Morgan fingerprint density at radius 3 is 1.81 bits per heavy atom. The fourth-order valence-electron chi connectivity index (χ4n) is 17.1. The average molecular weight is 1560 g/mol. The molecule has 4 saturated carbocycles. The highest BCUT2D eigenvalue weighted by Crippen LogP contribution is 2.46. The molecule has 8 rings (SSSR count). The molecule has 0 radical (unpaired) electrons. The second-order valence-corrected chi connectivity index (χ2v) is 31.4. The molecule has 0 aromatic heterocycles. The summed E-state index contributed by atoms with van der Waals surface area (Å²) in [6, 6.07) is -12.9. The highest BCUT2D eigenvalue weighted by Gasteiger charge is 2.58. The number of rotatable bonds is 11. The van der Waals surface area contributed by atoms with Crippen molar-refractivity contribution in [1.29, 1.82) is 0 Å². The Labute approximate surface area is 623 Å². The third-order valence-electron chi connectivity index (χ3n) is 24.1. The summed E-state index contributed by atoms with van der Waals surface area (Å²) in [6.07, 6.45) is -18.5. The lowest BCUT2D eigenvalue weighted by atomic mass is 9.74. The first-order valence-electron chi connectivity index (χ1n) is 37.9. The van der Waals surface area contributed by atoms with E-state index in [0.717, 1.165) is 36.4 Å². The number of methoxy groups -OCH3 is 1. The molecule has 0 aromatic rings. The number of alkyl halides is 10. The van der Waals surface area contributed by atoms with Gasteiger partial charge >= 0.3 is 12.4 Å². The molecule has 4 aliphatic carbocycles. The van der Waals surface area contributed by atoms with E-state index in [2.05, 4.69) is 16.0 Å². The Balaban J connectivity index is 1.19. The number of ether oxygens (including phenoxy) is 2. The molecule has 1 spiro atoms. The van der Waals surface area contributed by atoms with Crippen LogP contribution in [0.1, 0.15) is 155 Å². The standard InChI is InChI=1S/C72H108F10N12O14/c1-10-41(2)58-66(104)87(4)38-56(97)88(5)49-18-13-14-27-93(65(49)103)51(34-42-19-22-45(23-20-42)71(77,78)79)63(101)86(3)37-54(95)83-48(24-21-43-32-46(73)57(47(74)33-43)72(80,81)82)62(100)94-40-70(75,76)36-52(94)61(99)85-69(25-15-26-69)68(106)91(8)59(44-16-11-12-17-44)67(105)90(7)50(64(102)92-28-30-108-31-29-92)35-55(96)89(6)53(39-107-9)60(98)84-58/h41-53,57-59H,10-40H2,1-9H3,(H,83,95)(H,84,98)(H,85,99)/t41-,42?,43?,45?,46?,47?,48-,49-,50-,51-,52-,53-,57?,58-,59-/m0/s1. The molecule has 610 valence electrons. The van der Waals surface area contributed by atoms with E-state index in [1.165, 1.54) is 52.1 Å². The molecule has 36 heteroatoms. The van der Waals surface area contributed by atoms with E-state index in [0.29, 0.717) is 30.6 Å². The van der Waals surface area contributed by atoms with Crippen molar-refractivity contribution in [1.82, 2.24) is 60.0 Å². The number of carbonyl (C=O) groups is 12. The maximum absolute atomic E-state index is 16.2. The summed E-state index contributed by atoms with van der Waals surface area (Å²) in [5.74, 6) is -22.9. The van der Waals surface area contributed by atoms with Gasteiger partial charge in [0.2, 0.25) is 70.9 Å². The molecule has 108 heavy (non-hydrogen) atoms. The minimum atomic E-state index is -5.28. The molecular weight excluding hydrogens is 1450 g/mol. The number of halogens is 10. The van der Waals surface area contributed by atoms with E-state index < -0.39 is 256 Å². The van der Waals surface area contributed by atoms with Gasteiger partial charge in [0.15, 0.2) is 0 Å². The predicted octanol–water partition coefficient (Wildman–Crippen LogP) is 4.79. The van der Waals surface area contributed by atoms with Crippen LogP contribution in [0.15, 0.2) is 0 Å². The second-order valence-electron chi connectivity index (χ2n) is 31.4. The summed E-state index contributed by atoms with van der Waals surface area (Å²) in [5.41, 5.74) is -1.92. The summed E-state index contributed by atoms with van der Waals surface area (Å²) in [6.45, 7) is -0.0896. The quantitative estimate of drug-likeness (QED) is 0.235. The molecule has 4 heterocycles. The minimum absolute atomic E-state index is 0.0123. The summed E-state index contributed by atoms with van der Waals surface area (Å²) < 4.78 is 158. The van der Waals surface area contributed by atoms with Crippen molar-refractivity contribution in [3.63, 3.8) is 0 Å². The summed E-state index contributed by atoms with van der Waals surface area (Å²) >= 11 is 0. The first kappa shape index (κ1) is 86.5. The Bertz CT molecular complexity index is 3230. The fourth-order valence-corrected chi connectivity index (χ4v) is 17.1. The average Bonchev–Trinajstić information content (AvgIpc) is 1.31. The van der Waals surface area contributed by atoms with Gasteiger partial charge in [0, 0.05) is 75.5 Å². The Hall–Kier alpha value is -7.14. The molecular formula is C72H108F10N12O14. The van der Waals surface area contributed by atoms with Crippen LogP contribution in [0.2, 0.25) is 0 Å². The van der Waals surface area contributed by atoms with Gasteiger partial charge in [0.05, 0.1) is 51.8 Å². The van der Waals surface area contributed by atoms with Crippen molar-refractivity contribution in [2.45, 2.75) is 240 Å². The van der Waals surface area contributed by atoms with Gasteiger partial charge in [-0.15, -0.1) is 0 Å². The summed E-state index contributed by atoms with van der Waals surface area (Å²) in [4.78, 5) is 189. The zero-order valence-corrected chi connectivity index (χ0v) is 63.2. The van der Waals surface area contributed by atoms with Crippen molar-refractivity contribution in [2.75, 3.05) is 108 Å². The molecule has 2 bridgehead atoms. The monoisotopic (exact) mass is 1550 g/mol. The molecule has 0 aromatic carbocycles. The number of amides is 12. The first-order valence-corrected chi connectivity index (χ1v) is 37.9. The predicted molar refractivity (Wildman–Crippen MR) is 367 cm³/mol. The number of hydrogen-bond donors (Lipinski definition) is 3. The van der Waals surface area contributed by atoms with Crippen LogP contribution >= 0.6 is 0 Å². The number of morpholine rings is 1. The van der Waals surface area contributed by atoms with Gasteiger partial charge < -0.3 is 69.5 Å². The Kier molecular flexibility index (Phi) is 29.1. The Morgan fingerprint density at radius 1 is 0.620 bits per heavy atom. The largest absolute Gasteiger partial charge is 0.397 e. The van der Waals surface area contributed by atoms with E-state index in [9.17, 15) is 59.9 Å². The summed E-state index contributed by atoms with van der Waals surface area (Å²) in [5, 5.41) is 7.77. The fraction of sp³-hybridized carbons (Fsp3) is 0.833. The smallest absolute Gasteiger partial charge is 0.382 e. The van der Waals surface area contributed by atoms with Crippen molar-refractivity contribution in [3.05, 3.63) is 0 Å². The minimum Gasteiger partial charge on any atom is -0.382 e. The maximum atomic E-state index is 16.2. The van der Waals surface area contributed by atoms with Gasteiger partial charge in [-0.3, -0.25) is 57.5 Å². The van der Waals surface area contributed by atoms with E-state index in [1.807, 2.05) is 0 Å². The second kappa shape index (κ2) is 36.3. The maximum Gasteiger partial charge on any atom is 0.397 e. The van der Waals surface area contributed by atoms with E-state index >= 15 is 41.5 Å². The van der Waals surface area contributed by atoms with E-state index in [4.69, 9.17) is 9.47 Å². The van der Waals surface area contributed by atoms with Crippen LogP contribution in [0.3, 0.4) is 0 Å². The number of fused-ring (bicyclic) bond motifs is 3. The van der Waals surface area contributed by atoms with Crippen LogP contribution in [0.4, 0.5) is 43.9 Å². The molecule has 4 saturated heterocycles. The number of nitrogens with one attached hydrogen (secondary N) is 3. The molecule has 3 N–H and O–H groups in total. The van der Waals surface area contributed by atoms with Crippen LogP contribution in [0.5, 0.6) is 0 Å². The summed E-state index contributed by atoms with van der Waals surface area (Å²) in [7, 11) is 8.80. The van der Waals surface area contributed by atoms with Gasteiger partial charge in [-0.05, 0) is 133 Å². The van der Waals surface area contributed by atoms with E-state index in [-0.39, 0.29) is 110 Å². The lowest BCUT2D eigenvalue weighted by Crippen LogP contribution is -2.68. The van der Waals surface area contributed by atoms with Gasteiger partial charge in [-0.1, -0.05) is 33.1 Å². The van der Waals surface area contributed by atoms with Gasteiger partial charge in [0.1, 0.15) is 72.1 Å². The number of carbonyl (C=O) groups excluding carboxylic acids is 12. The van der Waals surface area contributed by atoms with Crippen molar-refractivity contribution in [3.8, 4) is 0 Å². The van der Waals surface area contributed by atoms with Crippen LogP contribution < -0.4 is 16.0 Å². The molecule has 11 atom stereocenters. The first-order chi connectivity index (χ1) is 50.6. The highest BCUT2D eigenvalue weighted by atomic mass is 19.4. The molecule has 4 aliphatic heterocycles. The lowest BCUT2D eigenvalue weighted by molar-refractivity contribution is -0.219. The zero-order valence-electron chi connectivity index (χ0n) is 63.2. The SMILES string of the molecule is CC[C@H](C)[C@@H]1NC(=O)[C@H](COC)N(C)C(=O)C[C@@H](C(=O)N2CCOCC2)N(C)C(=O)[C@H](C2CCCC2)N(C)C(=O)C2(CCC2)NC(=O)[C@@H]2CC(F)(F)CN2C(=O)[C@H](CCC2CC(F)C(C(F)(F)F)C(F)C2)NC(=O)CN(C)C(=O)[C@H](CC2CCC(C(F)(F)F)CC2)N2CCCC[C@@H](C2=O)N(C)C(=O)CN(C)C1=O. The van der Waals surface area contributed by atoms with E-state index in [1.54, 1.807) is 13.8 Å². The van der Waals surface area contributed by atoms with Crippen LogP contribution in [0, 0.1) is 35.5 Å². The van der Waals surface area contributed by atoms with Crippen molar-refractivity contribution >= 4 is 70.9 Å². The normalized spacial score (nSPS) is 32.4. The molecule has 12 amide bonds. The van der Waals surface area contributed by atoms with Gasteiger partial charge in [-0.2, -0.15) is 26.3 Å². The Morgan fingerprint density at radius 2 is 1.23 bits per heavy atom. The number of hydrogen-bond acceptors (Lipinski definition) is 14. The molecule has 26 nitrogen and oxygen atoms in total. The lowest BCUT2D eigenvalue weighted by Gasteiger charge is -2.47. The van der Waals surface area contributed by atoms with Crippen LogP contribution in [0.25, 0.3) is 0 Å². The number of likely N-dealkylation sites (N-methyl/N-ethyl adjacent to an activating group) is 6. The van der Waals surface area contributed by atoms with Gasteiger partial charge in [-0.25, -0.2) is 17.6 Å².